The summed E-state index contributed by atoms with van der Waals surface area (Å²) in [6.45, 7) is 4.67. The lowest BCUT2D eigenvalue weighted by Crippen LogP contribution is -2.37. The fourth-order valence-corrected chi connectivity index (χ4v) is 4.25. The van der Waals surface area contributed by atoms with Gasteiger partial charge in [0, 0.05) is 36.2 Å². The molecule has 0 N–H and O–H groups in total. The molecule has 0 aliphatic carbocycles. The summed E-state index contributed by atoms with van der Waals surface area (Å²) in [6.07, 6.45) is 3.47. The number of carbonyl (C=O) groups excluding carboxylic acids is 1. The first-order chi connectivity index (χ1) is 15.6. The van der Waals surface area contributed by atoms with Crippen LogP contribution in [0.25, 0.3) is 17.1 Å². The molecule has 0 aliphatic rings. The first-order valence-corrected chi connectivity index (χ1v) is 11.5. The van der Waals surface area contributed by atoms with E-state index < -0.39 is 0 Å². The number of amides is 1. The van der Waals surface area contributed by atoms with E-state index in [4.69, 9.17) is 0 Å². The monoisotopic (exact) mass is 443 g/mol. The molecule has 162 valence electrons. The third-order valence-corrected chi connectivity index (χ3v) is 5.96. The lowest BCUT2D eigenvalue weighted by molar-refractivity contribution is -0.130. The van der Waals surface area contributed by atoms with Crippen LogP contribution in [0.3, 0.4) is 0 Å². The van der Waals surface area contributed by atoms with Crippen LogP contribution in [0.15, 0.2) is 90.3 Å². The maximum Gasteiger partial charge on any atom is 0.233 e. The number of aromatic nitrogens is 4. The zero-order chi connectivity index (χ0) is 22.3. The van der Waals surface area contributed by atoms with Crippen LogP contribution < -0.4 is 0 Å². The second kappa shape index (κ2) is 10.2. The summed E-state index contributed by atoms with van der Waals surface area (Å²) < 4.78 is 1.99. The standard InChI is InChI=1S/C25H25N5OS/c1-19(2)29(17-20-9-5-3-6-10-20)23(31)18-32-25-28-27-24(21-13-15-26-16-14-21)30(25)22-11-7-4-8-12-22/h3-16,19H,17-18H2,1-2H3. The second-order valence-electron chi connectivity index (χ2n) is 7.60. The second-order valence-corrected chi connectivity index (χ2v) is 8.55. The van der Waals surface area contributed by atoms with Crippen LogP contribution in [-0.4, -0.2) is 42.4 Å². The highest BCUT2D eigenvalue weighted by Gasteiger charge is 2.21. The molecule has 0 bridgehead atoms. The summed E-state index contributed by atoms with van der Waals surface area (Å²) in [4.78, 5) is 19.1. The Balaban J connectivity index is 1.57. The molecule has 32 heavy (non-hydrogen) atoms. The van der Waals surface area contributed by atoms with Gasteiger partial charge in [-0.15, -0.1) is 10.2 Å². The van der Waals surface area contributed by atoms with Crippen molar-refractivity contribution in [3.63, 3.8) is 0 Å². The third kappa shape index (κ3) is 5.06. The van der Waals surface area contributed by atoms with Crippen LogP contribution in [0.2, 0.25) is 0 Å². The maximum atomic E-state index is 13.1. The van der Waals surface area contributed by atoms with Crippen LogP contribution in [0.1, 0.15) is 19.4 Å². The van der Waals surface area contributed by atoms with Gasteiger partial charge in [0.05, 0.1) is 5.75 Å². The van der Waals surface area contributed by atoms with E-state index in [0.717, 1.165) is 22.6 Å². The molecule has 0 spiro atoms. The summed E-state index contributed by atoms with van der Waals surface area (Å²) in [5, 5.41) is 9.52. The van der Waals surface area contributed by atoms with E-state index in [2.05, 4.69) is 15.2 Å². The molecule has 4 aromatic rings. The summed E-state index contributed by atoms with van der Waals surface area (Å²) >= 11 is 1.40. The molecule has 7 heteroatoms. The van der Waals surface area contributed by atoms with Gasteiger partial charge in [-0.2, -0.15) is 0 Å². The quantitative estimate of drug-likeness (QED) is 0.364. The van der Waals surface area contributed by atoms with Crippen molar-refractivity contribution in [2.45, 2.75) is 31.6 Å². The first kappa shape index (κ1) is 21.8. The predicted molar refractivity (Wildman–Crippen MR) is 127 cm³/mol. The Labute approximate surface area is 192 Å². The minimum atomic E-state index is 0.0712. The number of thioether (sulfide) groups is 1. The zero-order valence-corrected chi connectivity index (χ0v) is 18.9. The largest absolute Gasteiger partial charge is 0.335 e. The van der Waals surface area contributed by atoms with Gasteiger partial charge in [-0.1, -0.05) is 60.3 Å². The summed E-state index contributed by atoms with van der Waals surface area (Å²) in [5.74, 6) is 1.08. The molecular formula is C25H25N5OS. The summed E-state index contributed by atoms with van der Waals surface area (Å²) in [6, 6.07) is 23.9. The van der Waals surface area contributed by atoms with Crippen LogP contribution in [0.5, 0.6) is 0 Å². The fourth-order valence-electron chi connectivity index (χ4n) is 3.41. The average molecular weight is 444 g/mol. The number of nitrogens with zero attached hydrogens (tertiary/aromatic N) is 5. The lowest BCUT2D eigenvalue weighted by atomic mass is 10.2. The number of benzene rings is 2. The van der Waals surface area contributed by atoms with Crippen LogP contribution in [-0.2, 0) is 11.3 Å². The van der Waals surface area contributed by atoms with E-state index in [9.17, 15) is 4.79 Å². The number of para-hydroxylation sites is 1. The van der Waals surface area contributed by atoms with Gasteiger partial charge >= 0.3 is 0 Å². The summed E-state index contributed by atoms with van der Waals surface area (Å²) in [5.41, 5.74) is 2.98. The molecule has 2 aromatic carbocycles. The van der Waals surface area contributed by atoms with Gasteiger partial charge in [0.1, 0.15) is 0 Å². The highest BCUT2D eigenvalue weighted by atomic mass is 32.2. The molecule has 1 amide bonds. The molecule has 0 radical (unpaired) electrons. The molecule has 0 saturated carbocycles. The van der Waals surface area contributed by atoms with Gasteiger partial charge in [-0.05, 0) is 43.7 Å². The summed E-state index contributed by atoms with van der Waals surface area (Å²) in [7, 11) is 0. The van der Waals surface area contributed by atoms with Gasteiger partial charge in [-0.25, -0.2) is 0 Å². The molecule has 4 rings (SSSR count). The lowest BCUT2D eigenvalue weighted by Gasteiger charge is -2.27. The van der Waals surface area contributed by atoms with Crippen LogP contribution >= 0.6 is 11.8 Å². The van der Waals surface area contributed by atoms with Gasteiger partial charge in [0.2, 0.25) is 5.91 Å². The van der Waals surface area contributed by atoms with Crippen molar-refractivity contribution < 1.29 is 4.79 Å². The van der Waals surface area contributed by atoms with E-state index in [0.29, 0.717) is 11.7 Å². The molecule has 0 saturated heterocycles. The van der Waals surface area contributed by atoms with Gasteiger partial charge in [-0.3, -0.25) is 14.3 Å². The smallest absolute Gasteiger partial charge is 0.233 e. The van der Waals surface area contributed by atoms with Crippen molar-refractivity contribution >= 4 is 17.7 Å². The van der Waals surface area contributed by atoms with E-state index in [-0.39, 0.29) is 17.7 Å². The predicted octanol–water partition coefficient (Wildman–Crippen LogP) is 4.86. The Hall–Kier alpha value is -3.45. The first-order valence-electron chi connectivity index (χ1n) is 10.5. The molecule has 0 fully saturated rings. The molecule has 0 aliphatic heterocycles. The fraction of sp³-hybridized carbons (Fsp3) is 0.200. The molecule has 0 unspecified atom stereocenters. The van der Waals surface area contributed by atoms with Crippen molar-refractivity contribution in [2.75, 3.05) is 5.75 Å². The Morgan fingerprint density at radius 1 is 0.938 bits per heavy atom. The van der Waals surface area contributed by atoms with Crippen molar-refractivity contribution in [2.24, 2.45) is 0 Å². The van der Waals surface area contributed by atoms with Crippen LogP contribution in [0.4, 0.5) is 0 Å². The Morgan fingerprint density at radius 2 is 1.59 bits per heavy atom. The van der Waals surface area contributed by atoms with Gasteiger partial charge < -0.3 is 4.90 Å². The number of hydrogen-bond acceptors (Lipinski definition) is 5. The molecule has 2 heterocycles. The normalized spacial score (nSPS) is 11.0. The minimum Gasteiger partial charge on any atom is -0.335 e. The van der Waals surface area contributed by atoms with Crippen molar-refractivity contribution in [1.82, 2.24) is 24.6 Å². The van der Waals surface area contributed by atoms with E-state index >= 15 is 0 Å². The van der Waals surface area contributed by atoms with Crippen LogP contribution in [0, 0.1) is 0 Å². The zero-order valence-electron chi connectivity index (χ0n) is 18.1. The number of hydrogen-bond donors (Lipinski definition) is 0. The van der Waals surface area contributed by atoms with Crippen molar-refractivity contribution in [1.29, 1.82) is 0 Å². The highest BCUT2D eigenvalue weighted by molar-refractivity contribution is 7.99. The molecule has 2 aromatic heterocycles. The SMILES string of the molecule is CC(C)N(Cc1ccccc1)C(=O)CSc1nnc(-c2ccncc2)n1-c1ccccc1. The number of rotatable bonds is 8. The highest BCUT2D eigenvalue weighted by Crippen LogP contribution is 2.28. The Kier molecular flexibility index (Phi) is 6.97. The van der Waals surface area contributed by atoms with Crippen molar-refractivity contribution in [3.05, 3.63) is 90.8 Å². The van der Waals surface area contributed by atoms with E-state index in [1.165, 1.54) is 11.8 Å². The topological polar surface area (TPSA) is 63.9 Å². The number of carbonyl (C=O) groups is 1. The van der Waals surface area contributed by atoms with Gasteiger partial charge in [0.15, 0.2) is 11.0 Å². The molecular weight excluding hydrogens is 418 g/mol. The minimum absolute atomic E-state index is 0.0712. The van der Waals surface area contributed by atoms with E-state index in [1.54, 1.807) is 12.4 Å². The Morgan fingerprint density at radius 3 is 2.25 bits per heavy atom. The molecule has 6 nitrogen and oxygen atoms in total. The van der Waals surface area contributed by atoms with E-state index in [1.807, 2.05) is 96.1 Å². The molecule has 0 atom stereocenters. The third-order valence-electron chi connectivity index (χ3n) is 5.05. The number of pyridine rings is 1. The maximum absolute atomic E-state index is 13.1. The Bertz CT molecular complexity index is 1150. The van der Waals surface area contributed by atoms with Gasteiger partial charge in [0.25, 0.3) is 0 Å². The van der Waals surface area contributed by atoms with Crippen molar-refractivity contribution in [3.8, 4) is 17.1 Å². The average Bonchev–Trinajstić information content (AvgIpc) is 3.26.